The van der Waals surface area contributed by atoms with Crippen molar-refractivity contribution in [2.45, 2.75) is 22.6 Å². The molecular formula is C12H13BrCl2FNO2S. The van der Waals surface area contributed by atoms with Crippen molar-refractivity contribution in [3.8, 4) is 0 Å². The van der Waals surface area contributed by atoms with Crippen LogP contribution in [0, 0.1) is 11.7 Å². The highest BCUT2D eigenvalue weighted by Gasteiger charge is 2.32. The van der Waals surface area contributed by atoms with Crippen LogP contribution < -0.4 is 0 Å². The highest BCUT2D eigenvalue weighted by molar-refractivity contribution is 9.09. The number of rotatable bonds is 4. The van der Waals surface area contributed by atoms with Gasteiger partial charge in [-0.3, -0.25) is 0 Å². The van der Waals surface area contributed by atoms with Crippen LogP contribution in [0.3, 0.4) is 0 Å². The van der Waals surface area contributed by atoms with Gasteiger partial charge in [0.1, 0.15) is 4.90 Å². The Bertz CT molecular complexity index is 620. The first-order valence-corrected chi connectivity index (χ1v) is 9.08. The minimum absolute atomic E-state index is 0.197. The van der Waals surface area contributed by atoms with Gasteiger partial charge in [0.15, 0.2) is 5.82 Å². The molecule has 0 saturated heterocycles. The van der Waals surface area contributed by atoms with Crippen LogP contribution in [-0.4, -0.2) is 31.1 Å². The van der Waals surface area contributed by atoms with Gasteiger partial charge in [0, 0.05) is 18.4 Å². The number of sulfonamides is 1. The summed E-state index contributed by atoms with van der Waals surface area (Å²) < 4.78 is 39.6. The number of hydrogen-bond donors (Lipinski definition) is 0. The van der Waals surface area contributed by atoms with Crippen molar-refractivity contribution < 1.29 is 12.8 Å². The molecule has 0 spiro atoms. The maximum Gasteiger partial charge on any atom is 0.244 e. The lowest BCUT2D eigenvalue weighted by Crippen LogP contribution is -2.37. The van der Waals surface area contributed by atoms with Crippen molar-refractivity contribution in [3.63, 3.8) is 0 Å². The molecule has 112 valence electrons. The monoisotopic (exact) mass is 403 g/mol. The molecule has 0 amide bonds. The molecule has 1 saturated carbocycles. The predicted octanol–water partition coefficient (Wildman–Crippen LogP) is 3.93. The summed E-state index contributed by atoms with van der Waals surface area (Å²) in [5, 5.41) is -0.658. The largest absolute Gasteiger partial charge is 0.244 e. The van der Waals surface area contributed by atoms with Crippen LogP contribution in [0.5, 0.6) is 0 Å². The lowest BCUT2D eigenvalue weighted by atomic mass is 9.85. The van der Waals surface area contributed by atoms with Gasteiger partial charge in [-0.05, 0) is 30.9 Å². The Kier molecular flexibility index (Phi) is 5.02. The third-order valence-corrected chi connectivity index (χ3v) is 6.77. The fourth-order valence-corrected chi connectivity index (χ4v) is 5.16. The number of nitrogens with zero attached hydrogens (tertiary/aromatic N) is 1. The van der Waals surface area contributed by atoms with E-state index in [0.717, 1.165) is 12.8 Å². The minimum atomic E-state index is -3.81. The first-order valence-electron chi connectivity index (χ1n) is 5.97. The number of hydrogen-bond acceptors (Lipinski definition) is 2. The van der Waals surface area contributed by atoms with Gasteiger partial charge in [-0.25, -0.2) is 17.1 Å². The molecule has 0 radical (unpaired) electrons. The standard InChI is InChI=1S/C12H13BrCl2FNO2S/c1-17(6-7-4-8(13)5-7)20(18,19)10-3-2-9(14)12(16)11(10)15/h2-3,7-8H,4-6H2,1H3. The molecule has 20 heavy (non-hydrogen) atoms. The molecule has 1 aromatic rings. The Labute approximate surface area is 136 Å². The summed E-state index contributed by atoms with van der Waals surface area (Å²) in [6.07, 6.45) is 1.87. The zero-order valence-corrected chi connectivity index (χ0v) is 14.5. The topological polar surface area (TPSA) is 37.4 Å². The van der Waals surface area contributed by atoms with Crippen molar-refractivity contribution in [1.82, 2.24) is 4.31 Å². The van der Waals surface area contributed by atoms with Gasteiger partial charge in [-0.1, -0.05) is 39.1 Å². The molecule has 1 aliphatic carbocycles. The molecule has 0 unspecified atom stereocenters. The second-order valence-electron chi connectivity index (χ2n) is 4.89. The molecule has 0 heterocycles. The summed E-state index contributed by atoms with van der Waals surface area (Å²) in [4.78, 5) is 0.207. The van der Waals surface area contributed by atoms with E-state index in [1.165, 1.54) is 23.5 Å². The van der Waals surface area contributed by atoms with E-state index in [-0.39, 0.29) is 9.92 Å². The highest BCUT2D eigenvalue weighted by Crippen LogP contribution is 2.36. The Hall–Kier alpha value is 0.120. The molecule has 2 rings (SSSR count). The molecular weight excluding hydrogens is 392 g/mol. The number of benzene rings is 1. The average Bonchev–Trinajstić information content (AvgIpc) is 2.33. The van der Waals surface area contributed by atoms with Crippen molar-refractivity contribution in [2.24, 2.45) is 5.92 Å². The van der Waals surface area contributed by atoms with Gasteiger partial charge < -0.3 is 0 Å². The van der Waals surface area contributed by atoms with E-state index in [4.69, 9.17) is 23.2 Å². The molecule has 0 atom stereocenters. The summed E-state index contributed by atoms with van der Waals surface area (Å²) in [7, 11) is -2.34. The van der Waals surface area contributed by atoms with Crippen LogP contribution in [-0.2, 0) is 10.0 Å². The zero-order chi connectivity index (χ0) is 15.1. The Morgan fingerprint density at radius 3 is 2.55 bits per heavy atom. The minimum Gasteiger partial charge on any atom is -0.207 e. The lowest BCUT2D eigenvalue weighted by Gasteiger charge is -2.34. The smallest absolute Gasteiger partial charge is 0.207 e. The summed E-state index contributed by atoms with van der Waals surface area (Å²) in [6, 6.07) is 2.43. The zero-order valence-electron chi connectivity index (χ0n) is 10.6. The quantitative estimate of drug-likeness (QED) is 0.563. The summed E-state index contributed by atoms with van der Waals surface area (Å²) in [5.74, 6) is -0.595. The summed E-state index contributed by atoms with van der Waals surface area (Å²) >= 11 is 14.8. The molecule has 0 aromatic heterocycles. The van der Waals surface area contributed by atoms with Crippen LogP contribution in [0.25, 0.3) is 0 Å². The molecule has 0 aliphatic heterocycles. The summed E-state index contributed by atoms with van der Waals surface area (Å²) in [5.41, 5.74) is 0. The normalized spacial score (nSPS) is 22.9. The molecule has 0 bridgehead atoms. The van der Waals surface area contributed by atoms with Crippen molar-refractivity contribution in [2.75, 3.05) is 13.6 Å². The van der Waals surface area contributed by atoms with Crippen molar-refractivity contribution in [3.05, 3.63) is 28.0 Å². The molecule has 1 aliphatic rings. The van der Waals surface area contributed by atoms with Crippen LogP contribution >= 0.6 is 39.1 Å². The van der Waals surface area contributed by atoms with Crippen molar-refractivity contribution >= 4 is 49.2 Å². The van der Waals surface area contributed by atoms with Gasteiger partial charge >= 0.3 is 0 Å². The van der Waals surface area contributed by atoms with Gasteiger partial charge in [-0.2, -0.15) is 0 Å². The average molecular weight is 405 g/mol. The van der Waals surface area contributed by atoms with Crippen LogP contribution in [0.1, 0.15) is 12.8 Å². The van der Waals surface area contributed by atoms with Crippen LogP contribution in [0.4, 0.5) is 4.39 Å². The number of halogens is 4. The lowest BCUT2D eigenvalue weighted by molar-refractivity contribution is 0.275. The third kappa shape index (κ3) is 3.14. The first-order chi connectivity index (χ1) is 9.23. The Morgan fingerprint density at radius 2 is 2.00 bits per heavy atom. The van der Waals surface area contributed by atoms with Gasteiger partial charge in [0.05, 0.1) is 10.0 Å². The van der Waals surface area contributed by atoms with E-state index in [2.05, 4.69) is 15.9 Å². The summed E-state index contributed by atoms with van der Waals surface area (Å²) in [6.45, 7) is 0.394. The van der Waals surface area contributed by atoms with Crippen LogP contribution in [0.15, 0.2) is 17.0 Å². The SMILES string of the molecule is CN(CC1CC(Br)C1)S(=O)(=O)c1ccc(Cl)c(F)c1Cl. The van der Waals surface area contributed by atoms with E-state index in [1.54, 1.807) is 0 Å². The van der Waals surface area contributed by atoms with Gasteiger partial charge in [0.25, 0.3) is 0 Å². The second-order valence-corrected chi connectivity index (χ2v) is 8.99. The maximum absolute atomic E-state index is 13.6. The fourth-order valence-electron chi connectivity index (χ4n) is 2.14. The van der Waals surface area contributed by atoms with Gasteiger partial charge in [0.2, 0.25) is 10.0 Å². The molecule has 1 aromatic carbocycles. The third-order valence-electron chi connectivity index (χ3n) is 3.38. The van der Waals surface area contributed by atoms with E-state index < -0.39 is 20.9 Å². The highest BCUT2D eigenvalue weighted by atomic mass is 79.9. The van der Waals surface area contributed by atoms with E-state index in [9.17, 15) is 12.8 Å². The van der Waals surface area contributed by atoms with Gasteiger partial charge in [-0.15, -0.1) is 0 Å². The molecule has 1 fully saturated rings. The fraction of sp³-hybridized carbons (Fsp3) is 0.500. The molecule has 8 heteroatoms. The van der Waals surface area contributed by atoms with E-state index >= 15 is 0 Å². The molecule has 3 nitrogen and oxygen atoms in total. The Balaban J connectivity index is 2.24. The first kappa shape index (κ1) is 16.5. The van der Waals surface area contributed by atoms with E-state index in [0.29, 0.717) is 17.3 Å². The second kappa shape index (κ2) is 6.08. The number of alkyl halides is 1. The predicted molar refractivity (Wildman–Crippen MR) is 81.7 cm³/mol. The maximum atomic E-state index is 13.6. The van der Waals surface area contributed by atoms with Crippen LogP contribution in [0.2, 0.25) is 10.0 Å². The molecule has 0 N–H and O–H groups in total. The van der Waals surface area contributed by atoms with E-state index in [1.807, 2.05) is 0 Å². The van der Waals surface area contributed by atoms with Crippen molar-refractivity contribution in [1.29, 1.82) is 0 Å². The Morgan fingerprint density at radius 1 is 1.40 bits per heavy atom.